The van der Waals surface area contributed by atoms with Crippen LogP contribution in [0.5, 0.6) is 0 Å². The Bertz CT molecular complexity index is 1160. The molecule has 0 saturated carbocycles. The van der Waals surface area contributed by atoms with E-state index in [1.807, 2.05) is 19.3 Å². The van der Waals surface area contributed by atoms with Gasteiger partial charge in [0.1, 0.15) is 7.05 Å². The summed E-state index contributed by atoms with van der Waals surface area (Å²) in [5, 5.41) is 2.39. The Balaban J connectivity index is 1.95. The summed E-state index contributed by atoms with van der Waals surface area (Å²) in [6, 6.07) is 13.2. The van der Waals surface area contributed by atoms with Gasteiger partial charge < -0.3 is 0 Å². The molecule has 0 fully saturated rings. The van der Waals surface area contributed by atoms with Crippen LogP contribution in [-0.2, 0) is 7.05 Å². The third-order valence-electron chi connectivity index (χ3n) is 5.28. The van der Waals surface area contributed by atoms with Crippen LogP contribution in [0.2, 0.25) is 0 Å². The highest BCUT2D eigenvalue weighted by Crippen LogP contribution is 2.30. The zero-order valence-corrected chi connectivity index (χ0v) is 16.5. The lowest BCUT2D eigenvalue weighted by atomic mass is 9.95. The van der Waals surface area contributed by atoms with Crippen LogP contribution in [0.15, 0.2) is 55.0 Å². The number of hydrogen-bond donors (Lipinski definition) is 0. The molecule has 0 aliphatic heterocycles. The predicted molar refractivity (Wildman–Crippen MR) is 111 cm³/mol. The van der Waals surface area contributed by atoms with Crippen LogP contribution >= 0.6 is 0 Å². The molecule has 0 radical (unpaired) electrons. The maximum absolute atomic E-state index is 4.57. The average Bonchev–Trinajstić information content (AvgIpc) is 2.64. The van der Waals surface area contributed by atoms with E-state index in [0.717, 1.165) is 17.0 Å². The van der Waals surface area contributed by atoms with Crippen LogP contribution in [0.25, 0.3) is 33.3 Å². The van der Waals surface area contributed by atoms with E-state index in [2.05, 4.69) is 84.9 Å². The van der Waals surface area contributed by atoms with Crippen molar-refractivity contribution < 1.29 is 4.57 Å². The molecule has 0 saturated heterocycles. The normalized spacial score (nSPS) is 11.1. The van der Waals surface area contributed by atoms with Gasteiger partial charge in [-0.3, -0.25) is 9.97 Å². The molecule has 2 heterocycles. The molecule has 0 spiro atoms. The van der Waals surface area contributed by atoms with Crippen molar-refractivity contribution in [3.05, 3.63) is 77.4 Å². The largest absolute Gasteiger partial charge is 0.258 e. The van der Waals surface area contributed by atoms with Crippen molar-refractivity contribution in [3.8, 4) is 22.5 Å². The van der Waals surface area contributed by atoms with Crippen LogP contribution in [0, 0.1) is 27.7 Å². The first kappa shape index (κ1) is 17.3. The summed E-state index contributed by atoms with van der Waals surface area (Å²) in [6.45, 7) is 8.50. The molecule has 27 heavy (non-hydrogen) atoms. The van der Waals surface area contributed by atoms with Crippen LogP contribution in [-0.4, -0.2) is 9.97 Å². The molecule has 0 unspecified atom stereocenters. The van der Waals surface area contributed by atoms with E-state index in [9.17, 15) is 0 Å². The fourth-order valence-corrected chi connectivity index (χ4v) is 3.69. The number of rotatable bonds is 2. The van der Waals surface area contributed by atoms with Crippen molar-refractivity contribution in [2.75, 3.05) is 0 Å². The number of benzene rings is 2. The van der Waals surface area contributed by atoms with E-state index in [0.29, 0.717) is 0 Å². The van der Waals surface area contributed by atoms with Gasteiger partial charge in [-0.1, -0.05) is 29.8 Å². The molecule has 2 aromatic heterocycles. The van der Waals surface area contributed by atoms with Gasteiger partial charge in [0, 0.05) is 23.4 Å². The van der Waals surface area contributed by atoms with Crippen molar-refractivity contribution >= 4 is 10.8 Å². The lowest BCUT2D eigenvalue weighted by Gasteiger charge is -2.11. The Morgan fingerprint density at radius 3 is 2.41 bits per heavy atom. The summed E-state index contributed by atoms with van der Waals surface area (Å²) in [5.74, 6) is 0. The summed E-state index contributed by atoms with van der Waals surface area (Å²) in [6.07, 6.45) is 5.88. The predicted octanol–water partition coefficient (Wildman–Crippen LogP) is 5.02. The van der Waals surface area contributed by atoms with Gasteiger partial charge >= 0.3 is 0 Å². The van der Waals surface area contributed by atoms with Crippen LogP contribution in [0.3, 0.4) is 0 Å². The SMILES string of the molecule is Cc1cc(C)c(C)c(-c2cc3cccc(-c4cnc(C)cn4)c3c[n+]2C)c1. The van der Waals surface area contributed by atoms with Crippen LogP contribution in [0.4, 0.5) is 0 Å². The van der Waals surface area contributed by atoms with Gasteiger partial charge in [0.2, 0.25) is 5.69 Å². The molecule has 0 N–H and O–H groups in total. The second-order valence-corrected chi connectivity index (χ2v) is 7.38. The average molecular weight is 354 g/mol. The van der Waals surface area contributed by atoms with Crippen LogP contribution in [0.1, 0.15) is 22.4 Å². The fourth-order valence-electron chi connectivity index (χ4n) is 3.69. The minimum absolute atomic E-state index is 0.904. The molecule has 0 atom stereocenters. The highest BCUT2D eigenvalue weighted by Gasteiger charge is 2.17. The molecule has 0 amide bonds. The van der Waals surface area contributed by atoms with Gasteiger partial charge in [-0.15, -0.1) is 0 Å². The van der Waals surface area contributed by atoms with Crippen molar-refractivity contribution in [1.29, 1.82) is 0 Å². The minimum Gasteiger partial charge on any atom is -0.258 e. The first-order valence-electron chi connectivity index (χ1n) is 9.23. The van der Waals surface area contributed by atoms with E-state index in [-0.39, 0.29) is 0 Å². The Labute approximate surface area is 160 Å². The summed E-state index contributed by atoms with van der Waals surface area (Å²) < 4.78 is 2.22. The van der Waals surface area contributed by atoms with Crippen molar-refractivity contribution in [1.82, 2.24) is 9.97 Å². The third-order valence-corrected chi connectivity index (χ3v) is 5.28. The zero-order valence-electron chi connectivity index (χ0n) is 16.5. The number of nitrogens with zero attached hydrogens (tertiary/aromatic N) is 3. The lowest BCUT2D eigenvalue weighted by Crippen LogP contribution is -2.30. The van der Waals surface area contributed by atoms with E-state index < -0.39 is 0 Å². The van der Waals surface area contributed by atoms with Gasteiger partial charge in [0.15, 0.2) is 6.20 Å². The topological polar surface area (TPSA) is 29.7 Å². The van der Waals surface area contributed by atoms with E-state index in [1.54, 1.807) is 0 Å². The first-order chi connectivity index (χ1) is 12.9. The lowest BCUT2D eigenvalue weighted by molar-refractivity contribution is -0.659. The zero-order chi connectivity index (χ0) is 19.1. The van der Waals surface area contributed by atoms with Crippen molar-refractivity contribution in [3.63, 3.8) is 0 Å². The van der Waals surface area contributed by atoms with Gasteiger partial charge in [-0.25, -0.2) is 4.57 Å². The molecule has 3 heteroatoms. The second kappa shape index (κ2) is 6.58. The van der Waals surface area contributed by atoms with E-state index >= 15 is 0 Å². The number of aromatic nitrogens is 3. The van der Waals surface area contributed by atoms with Gasteiger partial charge in [0.25, 0.3) is 0 Å². The van der Waals surface area contributed by atoms with Gasteiger partial charge in [-0.05, 0) is 50.3 Å². The van der Waals surface area contributed by atoms with Crippen molar-refractivity contribution in [2.24, 2.45) is 7.05 Å². The number of pyridine rings is 1. The van der Waals surface area contributed by atoms with Gasteiger partial charge in [0.05, 0.1) is 23.0 Å². The standard InChI is InChI=1S/C24H24N3/c1-15-9-16(2)18(4)21(10-15)24-11-19-7-6-8-20(22(19)14-27(24)5)23-13-25-17(3)12-26-23/h6-14H,1-5H3/q+1. The summed E-state index contributed by atoms with van der Waals surface area (Å²) in [4.78, 5) is 8.99. The second-order valence-electron chi connectivity index (χ2n) is 7.38. The highest BCUT2D eigenvalue weighted by atomic mass is 14.9. The molecule has 4 rings (SSSR count). The molecule has 134 valence electrons. The maximum Gasteiger partial charge on any atom is 0.213 e. The molecule has 3 nitrogen and oxygen atoms in total. The van der Waals surface area contributed by atoms with E-state index in [1.165, 1.54) is 38.7 Å². The highest BCUT2D eigenvalue weighted by molar-refractivity contribution is 5.96. The molecular weight excluding hydrogens is 330 g/mol. The maximum atomic E-state index is 4.57. The molecule has 0 bridgehead atoms. The Kier molecular flexibility index (Phi) is 4.23. The van der Waals surface area contributed by atoms with Gasteiger partial charge in [-0.2, -0.15) is 0 Å². The molecule has 0 aliphatic carbocycles. The summed E-state index contributed by atoms with van der Waals surface area (Å²) in [7, 11) is 2.11. The Morgan fingerprint density at radius 1 is 0.852 bits per heavy atom. The number of fused-ring (bicyclic) bond motifs is 1. The third kappa shape index (κ3) is 3.10. The Hall–Kier alpha value is -3.07. The van der Waals surface area contributed by atoms with E-state index in [4.69, 9.17) is 0 Å². The fraction of sp³-hybridized carbons (Fsp3) is 0.208. The summed E-state index contributed by atoms with van der Waals surface area (Å²) >= 11 is 0. The minimum atomic E-state index is 0.904. The quantitative estimate of drug-likeness (QED) is 0.473. The molecule has 0 aliphatic rings. The monoisotopic (exact) mass is 354 g/mol. The molecule has 4 aromatic rings. The summed E-state index contributed by atoms with van der Waals surface area (Å²) in [5.41, 5.74) is 9.40. The molecular formula is C24H24N3+. The molecule has 2 aromatic carbocycles. The number of aryl methyl sites for hydroxylation is 4. The first-order valence-corrected chi connectivity index (χ1v) is 9.23. The smallest absolute Gasteiger partial charge is 0.213 e. The van der Waals surface area contributed by atoms with Crippen LogP contribution < -0.4 is 4.57 Å². The van der Waals surface area contributed by atoms with Crippen molar-refractivity contribution in [2.45, 2.75) is 27.7 Å². The number of hydrogen-bond acceptors (Lipinski definition) is 2. The Morgan fingerprint density at radius 2 is 1.67 bits per heavy atom.